The molecule has 0 spiro atoms. The summed E-state index contributed by atoms with van der Waals surface area (Å²) in [7, 11) is 0. The number of hydrogen-bond acceptors (Lipinski definition) is 4. The predicted octanol–water partition coefficient (Wildman–Crippen LogP) is 1.44. The van der Waals surface area contributed by atoms with E-state index in [0.717, 1.165) is 0 Å². The Hall–Kier alpha value is -1.59. The molecule has 1 aromatic rings. The monoisotopic (exact) mass is 257 g/mol. The second-order valence-electron chi connectivity index (χ2n) is 3.41. The number of halogens is 1. The van der Waals surface area contributed by atoms with Crippen LogP contribution in [0.3, 0.4) is 0 Å². The van der Waals surface area contributed by atoms with E-state index in [4.69, 9.17) is 27.2 Å². The van der Waals surface area contributed by atoms with E-state index in [1.54, 1.807) is 24.3 Å². The lowest BCUT2D eigenvalue weighted by Gasteiger charge is -2.06. The van der Waals surface area contributed by atoms with Crippen molar-refractivity contribution in [3.63, 3.8) is 0 Å². The SMILES string of the molecule is N[C@@H](CCC(=O)Oc1ccc(Cl)cc1)C(=O)O. The molecular weight excluding hydrogens is 246 g/mol. The third-order valence-electron chi connectivity index (χ3n) is 2.02. The number of carboxylic acids is 1. The number of carboxylic acid groups (broad SMARTS) is 1. The van der Waals surface area contributed by atoms with Gasteiger partial charge in [0.1, 0.15) is 11.8 Å². The first-order valence-corrected chi connectivity index (χ1v) is 5.31. The fourth-order valence-corrected chi connectivity index (χ4v) is 1.21. The number of esters is 1. The Balaban J connectivity index is 2.39. The lowest BCUT2D eigenvalue weighted by molar-refractivity contribution is -0.139. The van der Waals surface area contributed by atoms with Crippen LogP contribution in [0, 0.1) is 0 Å². The summed E-state index contributed by atoms with van der Waals surface area (Å²) in [6.07, 6.45) is -0.00213. The summed E-state index contributed by atoms with van der Waals surface area (Å²) in [5.41, 5.74) is 5.25. The molecule has 17 heavy (non-hydrogen) atoms. The van der Waals surface area contributed by atoms with E-state index in [9.17, 15) is 9.59 Å². The number of ether oxygens (including phenoxy) is 1. The third kappa shape index (κ3) is 4.84. The van der Waals surface area contributed by atoms with Crippen LogP contribution in [-0.2, 0) is 9.59 Å². The van der Waals surface area contributed by atoms with Crippen molar-refractivity contribution in [3.8, 4) is 5.75 Å². The van der Waals surface area contributed by atoms with Gasteiger partial charge in [0.2, 0.25) is 0 Å². The first-order chi connectivity index (χ1) is 7.99. The number of benzene rings is 1. The second-order valence-corrected chi connectivity index (χ2v) is 3.85. The topological polar surface area (TPSA) is 89.6 Å². The van der Waals surface area contributed by atoms with E-state index in [2.05, 4.69) is 0 Å². The van der Waals surface area contributed by atoms with E-state index in [0.29, 0.717) is 10.8 Å². The van der Waals surface area contributed by atoms with Gasteiger partial charge in [-0.15, -0.1) is 0 Å². The number of aliphatic carboxylic acids is 1. The van der Waals surface area contributed by atoms with Crippen molar-refractivity contribution in [2.45, 2.75) is 18.9 Å². The zero-order valence-corrected chi connectivity index (χ0v) is 9.68. The van der Waals surface area contributed by atoms with Crippen molar-refractivity contribution < 1.29 is 19.4 Å². The molecule has 0 aliphatic rings. The largest absolute Gasteiger partial charge is 0.480 e. The van der Waals surface area contributed by atoms with Crippen molar-refractivity contribution in [3.05, 3.63) is 29.3 Å². The van der Waals surface area contributed by atoms with Gasteiger partial charge in [0.15, 0.2) is 0 Å². The maximum atomic E-state index is 11.3. The summed E-state index contributed by atoms with van der Waals surface area (Å²) in [6, 6.07) is 5.24. The highest BCUT2D eigenvalue weighted by Crippen LogP contribution is 2.16. The van der Waals surface area contributed by atoms with Crippen LogP contribution in [0.1, 0.15) is 12.8 Å². The van der Waals surface area contributed by atoms with E-state index in [1.165, 1.54) is 0 Å². The maximum Gasteiger partial charge on any atom is 0.320 e. The molecule has 1 atom stereocenters. The quantitative estimate of drug-likeness (QED) is 0.615. The van der Waals surface area contributed by atoms with Gasteiger partial charge in [0.05, 0.1) is 0 Å². The first kappa shape index (κ1) is 13.5. The smallest absolute Gasteiger partial charge is 0.320 e. The highest BCUT2D eigenvalue weighted by atomic mass is 35.5. The zero-order chi connectivity index (χ0) is 12.8. The molecular formula is C11H12ClNO4. The highest BCUT2D eigenvalue weighted by Gasteiger charge is 2.14. The van der Waals surface area contributed by atoms with Crippen LogP contribution in [0.15, 0.2) is 24.3 Å². The molecule has 0 bridgehead atoms. The summed E-state index contributed by atoms with van der Waals surface area (Å²) < 4.78 is 4.95. The van der Waals surface area contributed by atoms with Crippen LogP contribution < -0.4 is 10.5 Å². The van der Waals surface area contributed by atoms with Crippen LogP contribution in [0.4, 0.5) is 0 Å². The van der Waals surface area contributed by atoms with Gasteiger partial charge in [-0.2, -0.15) is 0 Å². The van der Waals surface area contributed by atoms with Crippen LogP contribution in [0.2, 0.25) is 5.02 Å². The minimum atomic E-state index is -1.13. The number of carbonyl (C=O) groups excluding carboxylic acids is 1. The number of nitrogens with two attached hydrogens (primary N) is 1. The van der Waals surface area contributed by atoms with Gasteiger partial charge in [-0.05, 0) is 30.7 Å². The van der Waals surface area contributed by atoms with Gasteiger partial charge in [-0.1, -0.05) is 11.6 Å². The van der Waals surface area contributed by atoms with Gasteiger partial charge >= 0.3 is 11.9 Å². The van der Waals surface area contributed by atoms with E-state index >= 15 is 0 Å². The average Bonchev–Trinajstić information content (AvgIpc) is 2.29. The van der Waals surface area contributed by atoms with Crippen LogP contribution >= 0.6 is 11.6 Å². The molecule has 0 aromatic heterocycles. The fraction of sp³-hybridized carbons (Fsp3) is 0.273. The second kappa shape index (κ2) is 6.22. The summed E-state index contributed by atoms with van der Waals surface area (Å²) in [5, 5.41) is 9.06. The molecule has 92 valence electrons. The van der Waals surface area contributed by atoms with Gasteiger partial charge in [0, 0.05) is 11.4 Å². The van der Waals surface area contributed by atoms with Gasteiger partial charge in [-0.3, -0.25) is 9.59 Å². The van der Waals surface area contributed by atoms with Crippen molar-refractivity contribution in [2.24, 2.45) is 5.73 Å². The Morgan fingerprint density at radius 3 is 2.47 bits per heavy atom. The van der Waals surface area contributed by atoms with Gasteiger partial charge in [0.25, 0.3) is 0 Å². The summed E-state index contributed by atoms with van der Waals surface area (Å²) in [6.45, 7) is 0. The Labute approximate surface area is 103 Å². The highest BCUT2D eigenvalue weighted by molar-refractivity contribution is 6.30. The van der Waals surface area contributed by atoms with E-state index < -0.39 is 18.0 Å². The standard InChI is InChI=1S/C11H12ClNO4/c12-7-1-3-8(4-2-7)17-10(14)6-5-9(13)11(15)16/h1-4,9H,5-6,13H2,(H,15,16)/t9-/m0/s1. The molecule has 1 aromatic carbocycles. The molecule has 3 N–H and O–H groups in total. The minimum Gasteiger partial charge on any atom is -0.480 e. The molecule has 0 saturated heterocycles. The van der Waals surface area contributed by atoms with Gasteiger partial charge < -0.3 is 15.6 Å². The first-order valence-electron chi connectivity index (χ1n) is 4.93. The molecule has 0 radical (unpaired) electrons. The molecule has 0 heterocycles. The normalized spacial score (nSPS) is 11.9. The molecule has 5 nitrogen and oxygen atoms in total. The summed E-state index contributed by atoms with van der Waals surface area (Å²) in [5.74, 6) is -1.29. The Morgan fingerprint density at radius 2 is 1.94 bits per heavy atom. The Morgan fingerprint density at radius 1 is 1.35 bits per heavy atom. The Bertz CT molecular complexity index is 404. The molecule has 6 heteroatoms. The molecule has 0 fully saturated rings. The molecule has 1 rings (SSSR count). The maximum absolute atomic E-state index is 11.3. The predicted molar refractivity (Wildman–Crippen MR) is 61.9 cm³/mol. The number of hydrogen-bond donors (Lipinski definition) is 2. The van der Waals surface area contributed by atoms with Crippen molar-refractivity contribution in [1.82, 2.24) is 0 Å². The third-order valence-corrected chi connectivity index (χ3v) is 2.27. The van der Waals surface area contributed by atoms with Crippen molar-refractivity contribution in [1.29, 1.82) is 0 Å². The fourth-order valence-electron chi connectivity index (χ4n) is 1.08. The molecule has 0 saturated carbocycles. The summed E-state index contributed by atoms with van der Waals surface area (Å²) >= 11 is 5.66. The minimum absolute atomic E-state index is 0.0434. The number of carbonyl (C=O) groups is 2. The van der Waals surface area contributed by atoms with Crippen LogP contribution in [0.25, 0.3) is 0 Å². The zero-order valence-electron chi connectivity index (χ0n) is 8.93. The van der Waals surface area contributed by atoms with E-state index in [-0.39, 0.29) is 12.8 Å². The molecule has 0 aliphatic carbocycles. The van der Waals surface area contributed by atoms with Gasteiger partial charge in [-0.25, -0.2) is 0 Å². The lowest BCUT2D eigenvalue weighted by Crippen LogP contribution is -2.31. The van der Waals surface area contributed by atoms with Crippen molar-refractivity contribution >= 4 is 23.5 Å². The Kier molecular flexibility index (Phi) is 4.93. The van der Waals surface area contributed by atoms with Crippen LogP contribution in [-0.4, -0.2) is 23.1 Å². The molecule has 0 unspecified atom stereocenters. The van der Waals surface area contributed by atoms with Crippen molar-refractivity contribution in [2.75, 3.05) is 0 Å². The van der Waals surface area contributed by atoms with E-state index in [1.807, 2.05) is 0 Å². The molecule has 0 amide bonds. The number of rotatable bonds is 5. The molecule has 0 aliphatic heterocycles. The average molecular weight is 258 g/mol. The van der Waals surface area contributed by atoms with Crippen LogP contribution in [0.5, 0.6) is 5.75 Å². The lowest BCUT2D eigenvalue weighted by atomic mass is 10.2. The summed E-state index contributed by atoms with van der Waals surface area (Å²) in [4.78, 5) is 21.7.